The summed E-state index contributed by atoms with van der Waals surface area (Å²) in [7, 11) is 0. The standard InChI is InChI=1S/C17H17N5OS/c1-3-16-20-11(2)15(24-16)10-22-9-8-18-17(22)14-5-4-13(23-14)12-6-7-19-21-12/h4-9H,3,10H2,1-2H3,(H,19,21). The molecule has 0 unspecified atom stereocenters. The molecule has 6 nitrogen and oxygen atoms in total. The van der Waals surface area contributed by atoms with Gasteiger partial charge in [0.15, 0.2) is 17.3 Å². The average Bonchev–Trinajstić information content (AvgIpc) is 3.35. The fraction of sp³-hybridized carbons (Fsp3) is 0.235. The molecule has 4 heterocycles. The van der Waals surface area contributed by atoms with Crippen molar-refractivity contribution in [3.05, 3.63) is 52.4 Å². The molecule has 4 aromatic heterocycles. The highest BCUT2D eigenvalue weighted by Gasteiger charge is 2.14. The van der Waals surface area contributed by atoms with Crippen LogP contribution in [0.4, 0.5) is 0 Å². The number of nitrogens with zero attached hydrogens (tertiary/aromatic N) is 4. The van der Waals surface area contributed by atoms with Crippen molar-refractivity contribution < 1.29 is 4.42 Å². The topological polar surface area (TPSA) is 72.5 Å². The van der Waals surface area contributed by atoms with Gasteiger partial charge in [-0.25, -0.2) is 9.97 Å². The molecule has 24 heavy (non-hydrogen) atoms. The molecule has 4 aromatic rings. The van der Waals surface area contributed by atoms with Crippen LogP contribution in [0.5, 0.6) is 0 Å². The maximum absolute atomic E-state index is 5.94. The third-order valence-electron chi connectivity index (χ3n) is 3.86. The Balaban J connectivity index is 1.64. The van der Waals surface area contributed by atoms with E-state index >= 15 is 0 Å². The second-order valence-corrected chi connectivity index (χ2v) is 6.65. The van der Waals surface area contributed by atoms with Crippen LogP contribution in [0.1, 0.15) is 22.5 Å². The first kappa shape index (κ1) is 14.9. The summed E-state index contributed by atoms with van der Waals surface area (Å²) in [6.07, 6.45) is 6.44. The normalized spacial score (nSPS) is 11.2. The van der Waals surface area contributed by atoms with Crippen molar-refractivity contribution in [3.63, 3.8) is 0 Å². The molecule has 0 amide bonds. The number of imidazole rings is 1. The Kier molecular flexibility index (Phi) is 3.78. The predicted octanol–water partition coefficient (Wildman–Crippen LogP) is 3.91. The Hall–Kier alpha value is -2.67. The average molecular weight is 339 g/mol. The molecule has 1 N–H and O–H groups in total. The molecule has 0 saturated heterocycles. The van der Waals surface area contributed by atoms with Gasteiger partial charge in [0, 0.05) is 23.5 Å². The second kappa shape index (κ2) is 6.09. The van der Waals surface area contributed by atoms with Crippen LogP contribution in [0.25, 0.3) is 23.0 Å². The van der Waals surface area contributed by atoms with Gasteiger partial charge in [-0.05, 0) is 31.5 Å². The van der Waals surface area contributed by atoms with Gasteiger partial charge in [-0.1, -0.05) is 6.92 Å². The minimum absolute atomic E-state index is 0.738. The van der Waals surface area contributed by atoms with E-state index in [1.807, 2.05) is 24.4 Å². The maximum Gasteiger partial charge on any atom is 0.176 e. The largest absolute Gasteiger partial charge is 0.451 e. The van der Waals surface area contributed by atoms with Crippen molar-refractivity contribution in [2.45, 2.75) is 26.8 Å². The third-order valence-corrected chi connectivity index (χ3v) is 5.15. The lowest BCUT2D eigenvalue weighted by atomic mass is 10.3. The number of aromatic amines is 1. The number of aromatic nitrogens is 5. The van der Waals surface area contributed by atoms with E-state index in [1.165, 1.54) is 9.88 Å². The van der Waals surface area contributed by atoms with Gasteiger partial charge in [-0.2, -0.15) is 5.10 Å². The Morgan fingerprint density at radius 2 is 2.08 bits per heavy atom. The summed E-state index contributed by atoms with van der Waals surface area (Å²) >= 11 is 1.76. The van der Waals surface area contributed by atoms with Gasteiger partial charge in [-0.3, -0.25) is 5.10 Å². The number of H-pyrrole nitrogens is 1. The van der Waals surface area contributed by atoms with Gasteiger partial charge in [0.25, 0.3) is 0 Å². The first-order valence-corrected chi connectivity index (χ1v) is 8.62. The third kappa shape index (κ3) is 2.67. The zero-order valence-electron chi connectivity index (χ0n) is 13.5. The summed E-state index contributed by atoms with van der Waals surface area (Å²) in [5.41, 5.74) is 1.94. The molecule has 0 saturated carbocycles. The highest BCUT2D eigenvalue weighted by atomic mass is 32.1. The summed E-state index contributed by atoms with van der Waals surface area (Å²) in [6.45, 7) is 4.94. The molecule has 0 aliphatic rings. The summed E-state index contributed by atoms with van der Waals surface area (Å²) in [5.74, 6) is 2.30. The van der Waals surface area contributed by atoms with Crippen LogP contribution in [0, 0.1) is 6.92 Å². The van der Waals surface area contributed by atoms with E-state index in [-0.39, 0.29) is 0 Å². The van der Waals surface area contributed by atoms with Gasteiger partial charge in [0.2, 0.25) is 0 Å². The SMILES string of the molecule is CCc1nc(C)c(Cn2ccnc2-c2ccc(-c3ccn[nH]3)o2)s1. The quantitative estimate of drug-likeness (QED) is 0.598. The summed E-state index contributed by atoms with van der Waals surface area (Å²) in [5, 5.41) is 8.03. The first-order chi connectivity index (χ1) is 11.7. The molecule has 0 spiro atoms. The minimum atomic E-state index is 0.738. The molecular formula is C17H17N5OS. The van der Waals surface area contributed by atoms with Crippen LogP contribution in [0.3, 0.4) is 0 Å². The summed E-state index contributed by atoms with van der Waals surface area (Å²) in [4.78, 5) is 10.3. The van der Waals surface area contributed by atoms with E-state index in [0.29, 0.717) is 0 Å². The highest BCUT2D eigenvalue weighted by Crippen LogP contribution is 2.28. The van der Waals surface area contributed by atoms with Crippen LogP contribution < -0.4 is 0 Å². The maximum atomic E-state index is 5.94. The number of furan rings is 1. The second-order valence-electron chi connectivity index (χ2n) is 5.48. The molecule has 0 aliphatic heterocycles. The fourth-order valence-corrected chi connectivity index (χ4v) is 3.61. The molecule has 0 fully saturated rings. The Labute approximate surface area is 143 Å². The first-order valence-electron chi connectivity index (χ1n) is 7.81. The molecule has 4 rings (SSSR count). The Morgan fingerprint density at radius 1 is 1.21 bits per heavy atom. The number of nitrogens with one attached hydrogen (secondary N) is 1. The number of rotatable bonds is 5. The number of thiazole rings is 1. The van der Waals surface area contributed by atoms with E-state index in [0.717, 1.165) is 41.7 Å². The molecule has 7 heteroatoms. The van der Waals surface area contributed by atoms with Crippen LogP contribution in [0.15, 0.2) is 41.2 Å². The van der Waals surface area contributed by atoms with Crippen LogP contribution in [0.2, 0.25) is 0 Å². The van der Waals surface area contributed by atoms with E-state index in [1.54, 1.807) is 23.7 Å². The number of hydrogen-bond acceptors (Lipinski definition) is 5. The van der Waals surface area contributed by atoms with Gasteiger partial charge in [0.1, 0.15) is 5.69 Å². The van der Waals surface area contributed by atoms with Gasteiger partial charge < -0.3 is 8.98 Å². The molecule has 0 atom stereocenters. The molecule has 0 aromatic carbocycles. The number of hydrogen-bond donors (Lipinski definition) is 1. The van der Waals surface area contributed by atoms with Crippen molar-refractivity contribution >= 4 is 11.3 Å². The van der Waals surface area contributed by atoms with E-state index in [9.17, 15) is 0 Å². The van der Waals surface area contributed by atoms with Crippen molar-refractivity contribution in [1.29, 1.82) is 0 Å². The van der Waals surface area contributed by atoms with Crippen molar-refractivity contribution in [2.75, 3.05) is 0 Å². The van der Waals surface area contributed by atoms with Gasteiger partial charge >= 0.3 is 0 Å². The number of aryl methyl sites for hydroxylation is 2. The lowest BCUT2D eigenvalue weighted by Crippen LogP contribution is -2.00. The Morgan fingerprint density at radius 3 is 2.83 bits per heavy atom. The monoisotopic (exact) mass is 339 g/mol. The van der Waals surface area contributed by atoms with E-state index in [2.05, 4.69) is 38.6 Å². The predicted molar refractivity (Wildman–Crippen MR) is 92.8 cm³/mol. The summed E-state index contributed by atoms with van der Waals surface area (Å²) < 4.78 is 8.03. The van der Waals surface area contributed by atoms with Crippen molar-refractivity contribution in [2.24, 2.45) is 0 Å². The van der Waals surface area contributed by atoms with Gasteiger partial charge in [-0.15, -0.1) is 11.3 Å². The van der Waals surface area contributed by atoms with Crippen molar-refractivity contribution in [1.82, 2.24) is 24.7 Å². The van der Waals surface area contributed by atoms with E-state index in [4.69, 9.17) is 4.42 Å². The molecular weight excluding hydrogens is 322 g/mol. The fourth-order valence-electron chi connectivity index (χ4n) is 2.60. The van der Waals surface area contributed by atoms with Crippen molar-refractivity contribution in [3.8, 4) is 23.0 Å². The van der Waals surface area contributed by atoms with Crippen LogP contribution in [-0.2, 0) is 13.0 Å². The minimum Gasteiger partial charge on any atom is -0.451 e. The molecule has 0 aliphatic carbocycles. The molecule has 0 radical (unpaired) electrons. The highest BCUT2D eigenvalue weighted by molar-refractivity contribution is 7.11. The summed E-state index contributed by atoms with van der Waals surface area (Å²) in [6, 6.07) is 5.74. The Bertz CT molecular complexity index is 948. The van der Waals surface area contributed by atoms with Crippen LogP contribution >= 0.6 is 11.3 Å². The van der Waals surface area contributed by atoms with Crippen LogP contribution in [-0.4, -0.2) is 24.7 Å². The molecule has 122 valence electrons. The van der Waals surface area contributed by atoms with Gasteiger partial charge in [0.05, 0.1) is 17.2 Å². The smallest absolute Gasteiger partial charge is 0.176 e. The molecule has 0 bridgehead atoms. The lowest BCUT2D eigenvalue weighted by Gasteiger charge is -2.05. The zero-order valence-corrected chi connectivity index (χ0v) is 14.3. The van der Waals surface area contributed by atoms with E-state index < -0.39 is 0 Å². The zero-order chi connectivity index (χ0) is 16.5. The lowest BCUT2D eigenvalue weighted by molar-refractivity contribution is 0.583.